The van der Waals surface area contributed by atoms with Crippen molar-refractivity contribution in [2.24, 2.45) is 0 Å². The van der Waals surface area contributed by atoms with E-state index in [1.807, 2.05) is 25.1 Å². The summed E-state index contributed by atoms with van der Waals surface area (Å²) in [4.78, 5) is 17.5. The SMILES string of the molecule is CCOc1ccc(S(=O)(=O)Nc2cc(OC)c(OC)cc2C(=O)Nn2cnc3ccccc32)cc1. The number of nitrogens with zero attached hydrogens (tertiary/aromatic N) is 2. The van der Waals surface area contributed by atoms with E-state index in [1.54, 1.807) is 18.2 Å². The first-order chi connectivity index (χ1) is 16.9. The number of methoxy groups -OCH3 is 2. The molecule has 0 fully saturated rings. The van der Waals surface area contributed by atoms with Gasteiger partial charge in [-0.3, -0.25) is 14.9 Å². The minimum atomic E-state index is -4.04. The van der Waals surface area contributed by atoms with E-state index >= 15 is 0 Å². The molecule has 11 heteroatoms. The highest BCUT2D eigenvalue weighted by atomic mass is 32.2. The molecular formula is C24H24N4O6S. The molecule has 0 aliphatic rings. The van der Waals surface area contributed by atoms with Gasteiger partial charge in [-0.15, -0.1) is 0 Å². The summed E-state index contributed by atoms with van der Waals surface area (Å²) in [5.74, 6) is 0.474. The zero-order valence-corrected chi connectivity index (χ0v) is 20.1. The van der Waals surface area contributed by atoms with E-state index in [9.17, 15) is 13.2 Å². The average molecular weight is 497 g/mol. The van der Waals surface area contributed by atoms with E-state index in [4.69, 9.17) is 14.2 Å². The Kier molecular flexibility index (Phi) is 6.78. The van der Waals surface area contributed by atoms with Crippen molar-refractivity contribution in [2.75, 3.05) is 31.0 Å². The number of aromatic nitrogens is 2. The van der Waals surface area contributed by atoms with Crippen LogP contribution in [0.25, 0.3) is 11.0 Å². The molecule has 1 heterocycles. The highest BCUT2D eigenvalue weighted by Gasteiger charge is 2.23. The Morgan fingerprint density at radius 2 is 1.69 bits per heavy atom. The number of rotatable bonds is 9. The van der Waals surface area contributed by atoms with Gasteiger partial charge in [-0.25, -0.2) is 18.1 Å². The standard InChI is InChI=1S/C24H24N4O6S/c1-4-34-16-9-11-17(12-10-16)35(30,31)27-20-14-23(33-3)22(32-2)13-18(20)24(29)26-28-15-25-19-7-5-6-8-21(19)28/h5-15,27H,4H2,1-3H3,(H,26,29). The van der Waals surface area contributed by atoms with Gasteiger partial charge in [0.15, 0.2) is 11.5 Å². The van der Waals surface area contributed by atoms with Gasteiger partial charge in [-0.1, -0.05) is 12.1 Å². The highest BCUT2D eigenvalue weighted by molar-refractivity contribution is 7.92. The largest absolute Gasteiger partial charge is 0.494 e. The minimum absolute atomic E-state index is 0.00250. The first-order valence-electron chi connectivity index (χ1n) is 10.6. The molecule has 0 aliphatic carbocycles. The number of benzene rings is 3. The van der Waals surface area contributed by atoms with Crippen molar-refractivity contribution in [3.63, 3.8) is 0 Å². The summed E-state index contributed by atoms with van der Waals surface area (Å²) >= 11 is 0. The van der Waals surface area contributed by atoms with Crippen LogP contribution >= 0.6 is 0 Å². The van der Waals surface area contributed by atoms with Gasteiger partial charge in [-0.2, -0.15) is 0 Å². The Morgan fingerprint density at radius 1 is 1.00 bits per heavy atom. The zero-order valence-electron chi connectivity index (χ0n) is 19.3. The molecule has 0 unspecified atom stereocenters. The van der Waals surface area contributed by atoms with Crippen LogP contribution in [-0.4, -0.2) is 44.8 Å². The van der Waals surface area contributed by atoms with Crippen LogP contribution in [0.3, 0.4) is 0 Å². The molecule has 0 bridgehead atoms. The molecule has 1 aromatic heterocycles. The fourth-order valence-corrected chi connectivity index (χ4v) is 4.53. The van der Waals surface area contributed by atoms with Crippen molar-refractivity contribution in [2.45, 2.75) is 11.8 Å². The third-order valence-electron chi connectivity index (χ3n) is 5.13. The maximum Gasteiger partial charge on any atom is 0.272 e. The maximum atomic E-state index is 13.3. The summed E-state index contributed by atoms with van der Waals surface area (Å²) in [7, 11) is -1.20. The normalized spacial score (nSPS) is 11.2. The van der Waals surface area contributed by atoms with Gasteiger partial charge in [-0.05, 0) is 49.4 Å². The van der Waals surface area contributed by atoms with Crippen LogP contribution in [0.15, 0.2) is 71.9 Å². The summed E-state index contributed by atoms with van der Waals surface area (Å²) < 4.78 is 46.2. The van der Waals surface area contributed by atoms with E-state index < -0.39 is 15.9 Å². The highest BCUT2D eigenvalue weighted by Crippen LogP contribution is 2.34. The maximum absolute atomic E-state index is 13.3. The quantitative estimate of drug-likeness (QED) is 0.363. The molecule has 10 nitrogen and oxygen atoms in total. The van der Waals surface area contributed by atoms with Crippen LogP contribution in [-0.2, 0) is 10.0 Å². The van der Waals surface area contributed by atoms with Crippen LogP contribution in [0.5, 0.6) is 17.2 Å². The van der Waals surface area contributed by atoms with E-state index in [-0.39, 0.29) is 27.6 Å². The topological polar surface area (TPSA) is 121 Å². The second kappa shape index (κ2) is 9.94. The van der Waals surface area contributed by atoms with Gasteiger partial charge in [0.1, 0.15) is 12.1 Å². The third kappa shape index (κ3) is 4.99. The van der Waals surface area contributed by atoms with Crippen LogP contribution in [0.1, 0.15) is 17.3 Å². The summed E-state index contributed by atoms with van der Waals surface area (Å²) in [6, 6.07) is 16.0. The molecule has 4 rings (SSSR count). The lowest BCUT2D eigenvalue weighted by Crippen LogP contribution is -2.24. The number of amides is 1. The predicted octanol–water partition coefficient (Wildman–Crippen LogP) is 3.64. The van der Waals surface area contributed by atoms with Crippen molar-refractivity contribution >= 4 is 32.7 Å². The third-order valence-corrected chi connectivity index (χ3v) is 6.51. The van der Waals surface area contributed by atoms with E-state index in [0.717, 1.165) is 0 Å². The van der Waals surface area contributed by atoms with Gasteiger partial charge in [0.2, 0.25) is 0 Å². The Labute approximate surface area is 202 Å². The second-order valence-corrected chi connectivity index (χ2v) is 8.99. The molecule has 4 aromatic rings. The minimum Gasteiger partial charge on any atom is -0.494 e. The van der Waals surface area contributed by atoms with Gasteiger partial charge in [0.25, 0.3) is 15.9 Å². The van der Waals surface area contributed by atoms with Crippen molar-refractivity contribution in [3.05, 3.63) is 72.6 Å². The Balaban J connectivity index is 1.71. The van der Waals surface area contributed by atoms with Gasteiger partial charge < -0.3 is 14.2 Å². The van der Waals surface area contributed by atoms with E-state index in [2.05, 4.69) is 15.1 Å². The zero-order chi connectivity index (χ0) is 25.0. The number of carbonyl (C=O) groups excluding carboxylic acids is 1. The first kappa shape index (κ1) is 23.9. The van der Waals surface area contributed by atoms with Gasteiger partial charge in [0, 0.05) is 6.07 Å². The van der Waals surface area contributed by atoms with E-state index in [0.29, 0.717) is 23.4 Å². The number of hydrogen-bond donors (Lipinski definition) is 2. The lowest BCUT2D eigenvalue weighted by Gasteiger charge is -2.17. The van der Waals surface area contributed by atoms with Crippen molar-refractivity contribution < 1.29 is 27.4 Å². The summed E-state index contributed by atoms with van der Waals surface area (Å²) in [6.07, 6.45) is 1.47. The van der Waals surface area contributed by atoms with Gasteiger partial charge in [0.05, 0.1) is 48.0 Å². The van der Waals surface area contributed by atoms with Crippen LogP contribution < -0.4 is 24.4 Å². The lowest BCUT2D eigenvalue weighted by molar-refractivity contribution is 0.101. The molecule has 0 atom stereocenters. The number of carbonyl (C=O) groups is 1. The molecule has 35 heavy (non-hydrogen) atoms. The second-order valence-electron chi connectivity index (χ2n) is 7.31. The molecule has 3 aromatic carbocycles. The number of imidazole rings is 1. The molecule has 182 valence electrons. The smallest absolute Gasteiger partial charge is 0.272 e. The summed E-state index contributed by atoms with van der Waals surface area (Å²) in [5.41, 5.74) is 4.13. The Bertz CT molecular complexity index is 1470. The molecule has 0 radical (unpaired) electrons. The number of anilines is 1. The first-order valence-corrected chi connectivity index (χ1v) is 12.1. The Hall–Kier alpha value is -4.25. The molecular weight excluding hydrogens is 472 g/mol. The monoisotopic (exact) mass is 496 g/mol. The molecule has 1 amide bonds. The van der Waals surface area contributed by atoms with Gasteiger partial charge >= 0.3 is 0 Å². The van der Waals surface area contributed by atoms with Crippen LogP contribution in [0.2, 0.25) is 0 Å². The van der Waals surface area contributed by atoms with Crippen molar-refractivity contribution in [1.82, 2.24) is 9.66 Å². The van der Waals surface area contributed by atoms with Crippen LogP contribution in [0.4, 0.5) is 5.69 Å². The van der Waals surface area contributed by atoms with E-state index in [1.165, 1.54) is 49.5 Å². The molecule has 2 N–H and O–H groups in total. The molecule has 0 spiro atoms. The molecule has 0 saturated carbocycles. The molecule has 0 aliphatic heterocycles. The average Bonchev–Trinajstić information content (AvgIpc) is 3.26. The van der Waals surface area contributed by atoms with Crippen molar-refractivity contribution in [3.8, 4) is 17.2 Å². The van der Waals surface area contributed by atoms with Crippen LogP contribution in [0, 0.1) is 0 Å². The lowest BCUT2D eigenvalue weighted by atomic mass is 10.1. The predicted molar refractivity (Wildman–Crippen MR) is 131 cm³/mol. The number of hydrogen-bond acceptors (Lipinski definition) is 7. The van der Waals surface area contributed by atoms with Crippen molar-refractivity contribution in [1.29, 1.82) is 0 Å². The summed E-state index contributed by atoms with van der Waals surface area (Å²) in [5, 5.41) is 0. The fraction of sp³-hybridized carbons (Fsp3) is 0.167. The number of sulfonamides is 1. The number of nitrogens with one attached hydrogen (secondary N) is 2. The number of para-hydroxylation sites is 2. The number of fused-ring (bicyclic) bond motifs is 1. The molecule has 0 saturated heterocycles. The number of ether oxygens (including phenoxy) is 3. The fourth-order valence-electron chi connectivity index (χ4n) is 3.45. The Morgan fingerprint density at radius 3 is 2.37 bits per heavy atom. The summed E-state index contributed by atoms with van der Waals surface area (Å²) in [6.45, 7) is 2.29.